The summed E-state index contributed by atoms with van der Waals surface area (Å²) in [4.78, 5) is 17.4. The lowest BCUT2D eigenvalue weighted by molar-refractivity contribution is 0.0600. The SMILES string of the molecule is COC(=O)c1cc(F)cc(-c2[nH]c(=S)ncc2F)c1. The molecular weight excluding hydrogens is 274 g/mol. The average molecular weight is 282 g/mol. The van der Waals surface area contributed by atoms with Crippen molar-refractivity contribution < 1.29 is 18.3 Å². The number of benzene rings is 1. The number of hydrogen-bond donors (Lipinski definition) is 1. The summed E-state index contributed by atoms with van der Waals surface area (Å²) in [6.07, 6.45) is 0.927. The van der Waals surface area contributed by atoms with Crippen LogP contribution in [0.5, 0.6) is 0 Å². The standard InChI is InChI=1S/C12H8F2N2O2S/c1-18-11(17)7-2-6(3-8(13)4-7)10-9(14)5-15-12(19)16-10/h2-5H,1H3,(H,15,16,19). The molecule has 2 rings (SSSR count). The Balaban J connectivity index is 2.62. The van der Waals surface area contributed by atoms with Crippen molar-refractivity contribution in [3.05, 3.63) is 46.4 Å². The summed E-state index contributed by atoms with van der Waals surface area (Å²) >= 11 is 4.78. The molecule has 0 aliphatic rings. The van der Waals surface area contributed by atoms with Crippen molar-refractivity contribution in [3.8, 4) is 11.3 Å². The number of carbonyl (C=O) groups excluding carboxylic acids is 1. The highest BCUT2D eigenvalue weighted by Crippen LogP contribution is 2.22. The Hall–Kier alpha value is -2.15. The van der Waals surface area contributed by atoms with Gasteiger partial charge in [0.15, 0.2) is 10.6 Å². The van der Waals surface area contributed by atoms with E-state index >= 15 is 0 Å². The van der Waals surface area contributed by atoms with Crippen LogP contribution in [0, 0.1) is 16.4 Å². The van der Waals surface area contributed by atoms with E-state index < -0.39 is 17.6 Å². The fraction of sp³-hybridized carbons (Fsp3) is 0.0833. The molecule has 0 saturated heterocycles. The van der Waals surface area contributed by atoms with Crippen LogP contribution >= 0.6 is 12.2 Å². The number of ether oxygens (including phenoxy) is 1. The van der Waals surface area contributed by atoms with Crippen LogP contribution in [0.15, 0.2) is 24.4 Å². The summed E-state index contributed by atoms with van der Waals surface area (Å²) < 4.78 is 31.6. The Morgan fingerprint density at radius 1 is 1.37 bits per heavy atom. The van der Waals surface area contributed by atoms with Crippen molar-refractivity contribution in [3.63, 3.8) is 0 Å². The van der Waals surface area contributed by atoms with Gasteiger partial charge in [0.25, 0.3) is 0 Å². The van der Waals surface area contributed by atoms with Gasteiger partial charge in [-0.3, -0.25) is 0 Å². The molecule has 1 aromatic carbocycles. The van der Waals surface area contributed by atoms with Crippen molar-refractivity contribution in [2.24, 2.45) is 0 Å². The number of aromatic nitrogens is 2. The molecule has 0 saturated carbocycles. The maximum absolute atomic E-state index is 13.6. The zero-order chi connectivity index (χ0) is 14.0. The fourth-order valence-electron chi connectivity index (χ4n) is 1.56. The lowest BCUT2D eigenvalue weighted by Gasteiger charge is -2.06. The Labute approximate surface area is 112 Å². The van der Waals surface area contributed by atoms with Crippen molar-refractivity contribution >= 4 is 18.2 Å². The van der Waals surface area contributed by atoms with Crippen LogP contribution in [0.3, 0.4) is 0 Å². The maximum atomic E-state index is 13.6. The average Bonchev–Trinajstić information content (AvgIpc) is 2.39. The molecule has 19 heavy (non-hydrogen) atoms. The number of halogens is 2. The maximum Gasteiger partial charge on any atom is 0.337 e. The number of methoxy groups -OCH3 is 1. The van der Waals surface area contributed by atoms with Gasteiger partial charge in [0.1, 0.15) is 5.82 Å². The van der Waals surface area contributed by atoms with Gasteiger partial charge in [0.05, 0.1) is 24.6 Å². The fourth-order valence-corrected chi connectivity index (χ4v) is 1.71. The van der Waals surface area contributed by atoms with Crippen molar-refractivity contribution in [1.29, 1.82) is 0 Å². The van der Waals surface area contributed by atoms with Gasteiger partial charge in [0.2, 0.25) is 0 Å². The topological polar surface area (TPSA) is 55.0 Å². The van der Waals surface area contributed by atoms with Gasteiger partial charge >= 0.3 is 5.97 Å². The largest absolute Gasteiger partial charge is 0.465 e. The summed E-state index contributed by atoms with van der Waals surface area (Å²) in [6, 6.07) is 3.39. The van der Waals surface area contributed by atoms with Gasteiger partial charge in [0, 0.05) is 5.56 Å². The van der Waals surface area contributed by atoms with Crippen LogP contribution in [0.1, 0.15) is 10.4 Å². The highest BCUT2D eigenvalue weighted by atomic mass is 32.1. The first-order valence-corrected chi connectivity index (χ1v) is 5.56. The number of esters is 1. The molecular formula is C12H8F2N2O2S. The molecule has 0 aliphatic carbocycles. The monoisotopic (exact) mass is 282 g/mol. The van der Waals surface area contributed by atoms with Crippen molar-refractivity contribution in [2.45, 2.75) is 0 Å². The van der Waals surface area contributed by atoms with E-state index in [1.165, 1.54) is 13.2 Å². The van der Waals surface area contributed by atoms with E-state index in [-0.39, 0.29) is 21.6 Å². The van der Waals surface area contributed by atoms with Crippen LogP contribution in [-0.2, 0) is 4.74 Å². The lowest BCUT2D eigenvalue weighted by atomic mass is 10.1. The molecule has 98 valence electrons. The molecule has 0 amide bonds. The van der Waals surface area contributed by atoms with E-state index in [9.17, 15) is 13.6 Å². The van der Waals surface area contributed by atoms with E-state index in [4.69, 9.17) is 12.2 Å². The van der Waals surface area contributed by atoms with Crippen molar-refractivity contribution in [2.75, 3.05) is 7.11 Å². The predicted molar refractivity (Wildman–Crippen MR) is 66.1 cm³/mol. The number of aromatic amines is 1. The lowest BCUT2D eigenvalue weighted by Crippen LogP contribution is -2.03. The van der Waals surface area contributed by atoms with Gasteiger partial charge in [-0.2, -0.15) is 0 Å². The van der Waals surface area contributed by atoms with Crippen LogP contribution in [0.4, 0.5) is 8.78 Å². The molecule has 1 N–H and O–H groups in total. The summed E-state index contributed by atoms with van der Waals surface area (Å²) in [5.74, 6) is -2.10. The summed E-state index contributed by atoms with van der Waals surface area (Å²) in [6.45, 7) is 0. The molecule has 2 aromatic rings. The first kappa shape index (κ1) is 13.3. The summed E-state index contributed by atoms with van der Waals surface area (Å²) in [5, 5.41) is 0. The van der Waals surface area contributed by atoms with E-state index in [0.717, 1.165) is 18.3 Å². The second-order valence-electron chi connectivity index (χ2n) is 3.63. The minimum atomic E-state index is -0.714. The molecule has 0 radical (unpaired) electrons. The van der Waals surface area contributed by atoms with Gasteiger partial charge in [-0.25, -0.2) is 18.6 Å². The number of nitrogens with one attached hydrogen (secondary N) is 1. The first-order chi connectivity index (χ1) is 9.01. The molecule has 4 nitrogen and oxygen atoms in total. The van der Waals surface area contributed by atoms with Gasteiger partial charge < -0.3 is 9.72 Å². The number of rotatable bonds is 2. The third-order valence-corrected chi connectivity index (χ3v) is 2.58. The van der Waals surface area contributed by atoms with Gasteiger partial charge in [-0.15, -0.1) is 0 Å². The van der Waals surface area contributed by atoms with Gasteiger partial charge in [-0.1, -0.05) is 0 Å². The highest BCUT2D eigenvalue weighted by molar-refractivity contribution is 7.71. The Kier molecular flexibility index (Phi) is 3.66. The summed E-state index contributed by atoms with van der Waals surface area (Å²) in [5.41, 5.74) is 0.0871. The van der Waals surface area contributed by atoms with Crippen LogP contribution < -0.4 is 0 Å². The number of nitrogens with zero attached hydrogens (tertiary/aromatic N) is 1. The number of hydrogen-bond acceptors (Lipinski definition) is 4. The third-order valence-electron chi connectivity index (χ3n) is 2.37. The predicted octanol–water partition coefficient (Wildman–Crippen LogP) is 2.87. The van der Waals surface area contributed by atoms with Crippen LogP contribution in [-0.4, -0.2) is 23.0 Å². The highest BCUT2D eigenvalue weighted by Gasteiger charge is 2.13. The van der Waals surface area contributed by atoms with E-state index in [2.05, 4.69) is 14.7 Å². The first-order valence-electron chi connectivity index (χ1n) is 5.15. The van der Waals surface area contributed by atoms with Crippen LogP contribution in [0.25, 0.3) is 11.3 Å². The third kappa shape index (κ3) is 2.82. The Morgan fingerprint density at radius 2 is 2.11 bits per heavy atom. The molecule has 0 fully saturated rings. The quantitative estimate of drug-likeness (QED) is 0.679. The van der Waals surface area contributed by atoms with Crippen LogP contribution in [0.2, 0.25) is 0 Å². The molecule has 7 heteroatoms. The van der Waals surface area contributed by atoms with E-state index in [1.807, 2.05) is 0 Å². The molecule has 1 heterocycles. The minimum absolute atomic E-state index is 0.0203. The van der Waals surface area contributed by atoms with Gasteiger partial charge in [-0.05, 0) is 30.4 Å². The molecule has 0 bridgehead atoms. The molecule has 0 atom stereocenters. The Morgan fingerprint density at radius 3 is 2.79 bits per heavy atom. The Bertz CT molecular complexity index is 700. The molecule has 0 spiro atoms. The smallest absolute Gasteiger partial charge is 0.337 e. The normalized spacial score (nSPS) is 10.3. The molecule has 0 unspecified atom stereocenters. The summed E-state index contributed by atoms with van der Waals surface area (Å²) in [7, 11) is 1.17. The second kappa shape index (κ2) is 5.23. The molecule has 0 aliphatic heterocycles. The number of carbonyl (C=O) groups is 1. The zero-order valence-corrected chi connectivity index (χ0v) is 10.6. The van der Waals surface area contributed by atoms with Crippen molar-refractivity contribution in [1.82, 2.24) is 9.97 Å². The van der Waals surface area contributed by atoms with E-state index in [1.54, 1.807) is 0 Å². The minimum Gasteiger partial charge on any atom is -0.465 e. The van der Waals surface area contributed by atoms with E-state index in [0.29, 0.717) is 0 Å². The molecule has 1 aromatic heterocycles. The zero-order valence-electron chi connectivity index (χ0n) is 9.74. The number of H-pyrrole nitrogens is 1. The second-order valence-corrected chi connectivity index (χ2v) is 4.02.